The zero-order valence-corrected chi connectivity index (χ0v) is 14.5. The Balaban J connectivity index is 0.00000182. The maximum atomic E-state index is 12.6. The van der Waals surface area contributed by atoms with Crippen molar-refractivity contribution in [2.75, 3.05) is 5.32 Å². The Morgan fingerprint density at radius 3 is 2.52 bits per heavy atom. The van der Waals surface area contributed by atoms with Crippen LogP contribution in [0.2, 0.25) is 0 Å². The molecule has 6 heteroatoms. The molecule has 2 aliphatic rings. The summed E-state index contributed by atoms with van der Waals surface area (Å²) in [4.78, 5) is 24.9. The van der Waals surface area contributed by atoms with E-state index in [0.29, 0.717) is 16.8 Å². The summed E-state index contributed by atoms with van der Waals surface area (Å²) in [7, 11) is 0. The van der Waals surface area contributed by atoms with Crippen molar-refractivity contribution in [1.29, 1.82) is 0 Å². The van der Waals surface area contributed by atoms with Gasteiger partial charge in [0.1, 0.15) is 0 Å². The Morgan fingerprint density at radius 2 is 1.72 bits per heavy atom. The Morgan fingerprint density at radius 1 is 0.960 bits per heavy atom. The molecule has 0 saturated heterocycles. The van der Waals surface area contributed by atoms with Crippen LogP contribution in [0.15, 0.2) is 42.5 Å². The van der Waals surface area contributed by atoms with Crippen molar-refractivity contribution in [3.63, 3.8) is 0 Å². The molecule has 3 N–H and O–H groups in total. The largest absolute Gasteiger partial charge is 0.349 e. The van der Waals surface area contributed by atoms with Crippen molar-refractivity contribution in [2.45, 2.75) is 32.0 Å². The number of anilines is 1. The summed E-state index contributed by atoms with van der Waals surface area (Å²) in [6.45, 7) is 1.64. The summed E-state index contributed by atoms with van der Waals surface area (Å²) in [6.07, 6.45) is 2.06. The molecule has 1 heterocycles. The van der Waals surface area contributed by atoms with Crippen LogP contribution in [-0.2, 0) is 13.1 Å². The molecule has 2 aromatic rings. The predicted molar refractivity (Wildman–Crippen MR) is 99.1 cm³/mol. The highest BCUT2D eigenvalue weighted by Gasteiger charge is 2.25. The third-order valence-corrected chi connectivity index (χ3v) is 4.43. The molecule has 1 aliphatic carbocycles. The molecule has 0 bridgehead atoms. The lowest BCUT2D eigenvalue weighted by Crippen LogP contribution is -2.27. The topological polar surface area (TPSA) is 70.2 Å². The van der Waals surface area contributed by atoms with Crippen LogP contribution >= 0.6 is 12.4 Å². The molecular weight excluding hydrogens is 338 g/mol. The molecule has 0 spiro atoms. The van der Waals surface area contributed by atoms with Crippen LogP contribution in [0.4, 0.5) is 5.69 Å². The van der Waals surface area contributed by atoms with E-state index in [4.69, 9.17) is 0 Å². The number of halogens is 1. The summed E-state index contributed by atoms with van der Waals surface area (Å²) in [5, 5.41) is 9.10. The molecule has 4 rings (SSSR count). The molecule has 1 aliphatic heterocycles. The molecular formula is C19H20ClN3O2. The van der Waals surface area contributed by atoms with Gasteiger partial charge in [-0.15, -0.1) is 12.4 Å². The third-order valence-electron chi connectivity index (χ3n) is 4.43. The van der Waals surface area contributed by atoms with Crippen LogP contribution in [-0.4, -0.2) is 17.9 Å². The zero-order chi connectivity index (χ0) is 16.5. The molecule has 1 saturated carbocycles. The third kappa shape index (κ3) is 3.83. The molecule has 0 atom stereocenters. The maximum Gasteiger partial charge on any atom is 0.255 e. The highest BCUT2D eigenvalue weighted by atomic mass is 35.5. The molecule has 0 unspecified atom stereocenters. The summed E-state index contributed by atoms with van der Waals surface area (Å²) < 4.78 is 0. The average molecular weight is 358 g/mol. The number of rotatable bonds is 4. The average Bonchev–Trinajstić information content (AvgIpc) is 3.28. The van der Waals surface area contributed by atoms with Gasteiger partial charge in [-0.25, -0.2) is 0 Å². The van der Waals surface area contributed by atoms with Gasteiger partial charge >= 0.3 is 0 Å². The van der Waals surface area contributed by atoms with Gasteiger partial charge in [0.25, 0.3) is 11.8 Å². The van der Waals surface area contributed by atoms with Gasteiger partial charge in [0, 0.05) is 24.7 Å². The minimum atomic E-state index is -0.198. The van der Waals surface area contributed by atoms with Crippen molar-refractivity contribution in [3.8, 4) is 0 Å². The second-order valence-electron chi connectivity index (χ2n) is 6.33. The first kappa shape index (κ1) is 17.5. The van der Waals surface area contributed by atoms with Crippen molar-refractivity contribution < 1.29 is 9.59 Å². The van der Waals surface area contributed by atoms with Crippen LogP contribution in [0.3, 0.4) is 0 Å². The Bertz CT molecular complexity index is 818. The smallest absolute Gasteiger partial charge is 0.255 e. The van der Waals surface area contributed by atoms with Gasteiger partial charge in [0.15, 0.2) is 0 Å². The van der Waals surface area contributed by atoms with Gasteiger partial charge in [-0.1, -0.05) is 18.2 Å². The maximum absolute atomic E-state index is 12.6. The summed E-state index contributed by atoms with van der Waals surface area (Å²) >= 11 is 0. The van der Waals surface area contributed by atoms with Crippen LogP contribution < -0.4 is 16.0 Å². The fourth-order valence-corrected chi connectivity index (χ4v) is 2.91. The first-order valence-electron chi connectivity index (χ1n) is 8.24. The van der Waals surface area contributed by atoms with E-state index in [1.54, 1.807) is 18.2 Å². The number of para-hydroxylation sites is 1. The Hall–Kier alpha value is -2.37. The number of fused-ring (bicyclic) bond motifs is 1. The SMILES string of the molecule is Cl.O=C(Nc1ccccc1C(=O)NC1CC1)c1ccc2c(c1)CNC2. The van der Waals surface area contributed by atoms with E-state index >= 15 is 0 Å². The first-order chi connectivity index (χ1) is 11.7. The lowest BCUT2D eigenvalue weighted by molar-refractivity contribution is 0.0952. The molecule has 2 amide bonds. The number of hydrogen-bond donors (Lipinski definition) is 3. The van der Waals surface area contributed by atoms with Crippen LogP contribution in [0.25, 0.3) is 0 Å². The summed E-state index contributed by atoms with van der Waals surface area (Å²) in [6, 6.07) is 13.1. The fraction of sp³-hybridized carbons (Fsp3) is 0.263. The van der Waals surface area contributed by atoms with E-state index in [-0.39, 0.29) is 30.3 Å². The van der Waals surface area contributed by atoms with Crippen LogP contribution in [0.1, 0.15) is 44.7 Å². The number of amides is 2. The van der Waals surface area contributed by atoms with Crippen LogP contribution in [0.5, 0.6) is 0 Å². The van der Waals surface area contributed by atoms with Crippen molar-refractivity contribution >= 4 is 29.9 Å². The van der Waals surface area contributed by atoms with E-state index in [2.05, 4.69) is 16.0 Å². The first-order valence-corrected chi connectivity index (χ1v) is 8.24. The molecule has 130 valence electrons. The van der Waals surface area contributed by atoms with E-state index < -0.39 is 0 Å². The number of nitrogens with one attached hydrogen (secondary N) is 3. The highest BCUT2D eigenvalue weighted by molar-refractivity contribution is 6.09. The minimum Gasteiger partial charge on any atom is -0.349 e. The van der Waals surface area contributed by atoms with Gasteiger partial charge in [0.2, 0.25) is 0 Å². The predicted octanol–water partition coefficient (Wildman–Crippen LogP) is 2.86. The second kappa shape index (κ2) is 7.25. The molecule has 25 heavy (non-hydrogen) atoms. The monoisotopic (exact) mass is 357 g/mol. The lowest BCUT2D eigenvalue weighted by Gasteiger charge is -2.11. The van der Waals surface area contributed by atoms with E-state index in [0.717, 1.165) is 31.5 Å². The number of carbonyl (C=O) groups is 2. The Labute approximate surface area is 152 Å². The molecule has 0 aromatic heterocycles. The molecule has 1 fully saturated rings. The minimum absolute atomic E-state index is 0. The van der Waals surface area contributed by atoms with Crippen molar-refractivity contribution in [3.05, 3.63) is 64.7 Å². The number of hydrogen-bond acceptors (Lipinski definition) is 3. The standard InChI is InChI=1S/C19H19N3O2.ClH/c23-18(12-5-6-13-10-20-11-14(13)9-12)22-17-4-2-1-3-16(17)19(24)21-15-7-8-15;/h1-6,9,15,20H,7-8,10-11H2,(H,21,24)(H,22,23);1H. The molecule has 0 radical (unpaired) electrons. The lowest BCUT2D eigenvalue weighted by atomic mass is 10.1. The number of benzene rings is 2. The van der Waals surface area contributed by atoms with Gasteiger partial charge in [-0.05, 0) is 48.2 Å². The van der Waals surface area contributed by atoms with E-state index in [9.17, 15) is 9.59 Å². The van der Waals surface area contributed by atoms with Crippen molar-refractivity contribution in [2.24, 2.45) is 0 Å². The van der Waals surface area contributed by atoms with Gasteiger partial charge < -0.3 is 16.0 Å². The highest BCUT2D eigenvalue weighted by Crippen LogP contribution is 2.22. The molecule has 5 nitrogen and oxygen atoms in total. The summed E-state index contributed by atoms with van der Waals surface area (Å²) in [5.41, 5.74) is 4.04. The van der Waals surface area contributed by atoms with Gasteiger partial charge in [-0.2, -0.15) is 0 Å². The Kier molecular flexibility index (Phi) is 5.06. The van der Waals surface area contributed by atoms with Crippen LogP contribution in [0, 0.1) is 0 Å². The van der Waals surface area contributed by atoms with E-state index in [1.807, 2.05) is 24.3 Å². The second-order valence-corrected chi connectivity index (χ2v) is 6.33. The van der Waals surface area contributed by atoms with Crippen molar-refractivity contribution in [1.82, 2.24) is 10.6 Å². The molecule has 2 aromatic carbocycles. The zero-order valence-electron chi connectivity index (χ0n) is 13.7. The van der Waals surface area contributed by atoms with Gasteiger partial charge in [0.05, 0.1) is 11.3 Å². The normalized spacial score (nSPS) is 15.0. The quantitative estimate of drug-likeness (QED) is 0.788. The summed E-state index contributed by atoms with van der Waals surface area (Å²) in [5.74, 6) is -0.331. The van der Waals surface area contributed by atoms with E-state index in [1.165, 1.54) is 5.56 Å². The fourth-order valence-electron chi connectivity index (χ4n) is 2.91. The van der Waals surface area contributed by atoms with Gasteiger partial charge in [-0.3, -0.25) is 9.59 Å². The number of carbonyl (C=O) groups excluding carboxylic acids is 2.